The van der Waals surface area contributed by atoms with Crippen LogP contribution in [0.2, 0.25) is 0 Å². The van der Waals surface area contributed by atoms with E-state index in [2.05, 4.69) is 0 Å². The molecule has 0 aliphatic heterocycles. The molecule has 6 rings (SSSR count). The van der Waals surface area contributed by atoms with Crippen LogP contribution in [0.3, 0.4) is 0 Å². The summed E-state index contributed by atoms with van der Waals surface area (Å²) in [5.41, 5.74) is -0.799. The van der Waals surface area contributed by atoms with Crippen molar-refractivity contribution in [2.24, 2.45) is 0 Å². The molecule has 0 saturated carbocycles. The first kappa shape index (κ1) is 22.1. The van der Waals surface area contributed by atoms with Gasteiger partial charge in [-0.3, -0.25) is 0 Å². The fourth-order valence-corrected chi connectivity index (χ4v) is 4.98. The number of hydrogen-bond donors (Lipinski definition) is 2. The van der Waals surface area contributed by atoms with Crippen LogP contribution in [-0.2, 0) is 11.2 Å². The molecule has 2 heterocycles. The normalized spacial score (nSPS) is 14.8. The van der Waals surface area contributed by atoms with E-state index in [1.54, 1.807) is 12.1 Å². The van der Waals surface area contributed by atoms with Crippen LogP contribution in [0.15, 0.2) is 133 Å². The molecule has 2 aromatic heterocycles. The van der Waals surface area contributed by atoms with Gasteiger partial charge in [-0.25, -0.2) is 9.97 Å². The summed E-state index contributed by atoms with van der Waals surface area (Å²) in [5.74, 6) is 0. The molecular weight excluding hydrogens is 444 g/mol. The Morgan fingerprint density at radius 3 is 1.17 bits per heavy atom. The maximum atomic E-state index is 12.9. The predicted octanol–water partition coefficient (Wildman–Crippen LogP) is 5.96. The molecule has 0 aliphatic rings. The van der Waals surface area contributed by atoms with Gasteiger partial charge in [0.2, 0.25) is 0 Å². The lowest BCUT2D eigenvalue weighted by Crippen LogP contribution is -2.52. The molecule has 0 aliphatic carbocycles. The van der Waals surface area contributed by atoms with Crippen molar-refractivity contribution < 1.29 is 10.2 Å². The molecule has 6 aromatic rings. The Bertz CT molecular complexity index is 1540. The van der Waals surface area contributed by atoms with Crippen molar-refractivity contribution in [3.8, 4) is 0 Å². The van der Waals surface area contributed by atoms with Gasteiger partial charge in [0.25, 0.3) is 0 Å². The quantitative estimate of drug-likeness (QED) is 0.328. The molecule has 36 heavy (non-hydrogen) atoms. The molecule has 4 nitrogen and oxygen atoms in total. The van der Waals surface area contributed by atoms with Crippen LogP contribution in [-0.4, -0.2) is 20.2 Å². The second kappa shape index (κ2) is 8.68. The van der Waals surface area contributed by atoms with Crippen molar-refractivity contribution >= 4 is 21.8 Å². The zero-order valence-corrected chi connectivity index (χ0v) is 19.5. The van der Waals surface area contributed by atoms with Crippen molar-refractivity contribution in [2.45, 2.75) is 11.2 Å². The van der Waals surface area contributed by atoms with Crippen LogP contribution in [0, 0.1) is 0 Å². The van der Waals surface area contributed by atoms with Gasteiger partial charge < -0.3 is 10.2 Å². The van der Waals surface area contributed by atoms with Gasteiger partial charge in [0.15, 0.2) is 11.2 Å². The summed E-state index contributed by atoms with van der Waals surface area (Å²) >= 11 is 0. The molecule has 4 aromatic carbocycles. The summed E-state index contributed by atoms with van der Waals surface area (Å²) in [7, 11) is 0. The van der Waals surface area contributed by atoms with E-state index in [-0.39, 0.29) is 0 Å². The number of benzene rings is 4. The average molecular weight is 469 g/mol. The van der Waals surface area contributed by atoms with Crippen molar-refractivity contribution in [3.63, 3.8) is 0 Å². The molecule has 0 amide bonds. The fraction of sp³-hybridized carbons (Fsp3) is 0.0625. The highest BCUT2D eigenvalue weighted by molar-refractivity contribution is 5.80. The molecule has 2 N–H and O–H groups in total. The maximum absolute atomic E-state index is 12.9. The van der Waals surface area contributed by atoms with Gasteiger partial charge in [0.1, 0.15) is 0 Å². The molecule has 4 heteroatoms. The summed E-state index contributed by atoms with van der Waals surface area (Å²) in [4.78, 5) is 9.73. The molecule has 0 fully saturated rings. The minimum Gasteiger partial charge on any atom is -0.375 e. The summed E-state index contributed by atoms with van der Waals surface area (Å²) in [6, 6.07) is 41.3. The van der Waals surface area contributed by atoms with Gasteiger partial charge in [-0.1, -0.05) is 109 Å². The predicted molar refractivity (Wildman–Crippen MR) is 142 cm³/mol. The SMILES string of the molecule is OC(c1ccccc1)(c1ccc2ccccc2n1)C(O)(c1ccccc1)c1ccc2ccccc2n1. The number of hydrogen-bond acceptors (Lipinski definition) is 4. The number of aliphatic hydroxyl groups is 2. The van der Waals surface area contributed by atoms with Crippen LogP contribution in [0.25, 0.3) is 21.8 Å². The average Bonchev–Trinajstić information content (AvgIpc) is 2.96. The number of pyridine rings is 2. The third kappa shape index (κ3) is 3.39. The lowest BCUT2D eigenvalue weighted by atomic mass is 9.69. The third-order valence-electron chi connectivity index (χ3n) is 6.84. The van der Waals surface area contributed by atoms with E-state index >= 15 is 0 Å². The molecule has 0 radical (unpaired) electrons. The maximum Gasteiger partial charge on any atom is 0.170 e. The van der Waals surface area contributed by atoms with E-state index < -0.39 is 11.2 Å². The lowest BCUT2D eigenvalue weighted by Gasteiger charge is -2.43. The highest BCUT2D eigenvalue weighted by Gasteiger charge is 2.56. The van der Waals surface area contributed by atoms with Gasteiger partial charge >= 0.3 is 0 Å². The van der Waals surface area contributed by atoms with Gasteiger partial charge in [-0.05, 0) is 35.4 Å². The van der Waals surface area contributed by atoms with Crippen LogP contribution in [0.5, 0.6) is 0 Å². The van der Waals surface area contributed by atoms with E-state index in [1.807, 2.05) is 121 Å². The zero-order valence-electron chi connectivity index (χ0n) is 19.5. The van der Waals surface area contributed by atoms with E-state index in [1.165, 1.54) is 0 Å². The summed E-state index contributed by atoms with van der Waals surface area (Å²) in [5, 5.41) is 27.6. The highest BCUT2D eigenvalue weighted by Crippen LogP contribution is 2.49. The van der Waals surface area contributed by atoms with Gasteiger partial charge in [-0.2, -0.15) is 0 Å². The molecular formula is C32H24N2O2. The number of fused-ring (bicyclic) bond motifs is 2. The zero-order chi connectivity index (χ0) is 24.6. The van der Waals surface area contributed by atoms with Crippen molar-refractivity contribution in [3.05, 3.63) is 156 Å². The van der Waals surface area contributed by atoms with Crippen molar-refractivity contribution in [2.75, 3.05) is 0 Å². The minimum absolute atomic E-state index is 0.328. The molecule has 174 valence electrons. The highest BCUT2D eigenvalue weighted by atomic mass is 16.4. The molecule has 0 saturated heterocycles. The Labute approximate surface area is 209 Å². The Morgan fingerprint density at radius 1 is 0.389 bits per heavy atom. The summed E-state index contributed by atoms with van der Waals surface area (Å²) in [6.07, 6.45) is 0. The van der Waals surface area contributed by atoms with E-state index in [0.29, 0.717) is 22.5 Å². The lowest BCUT2D eigenvalue weighted by molar-refractivity contribution is -0.117. The Balaban J connectivity index is 1.71. The monoisotopic (exact) mass is 468 g/mol. The largest absolute Gasteiger partial charge is 0.375 e. The van der Waals surface area contributed by atoms with Crippen molar-refractivity contribution in [1.29, 1.82) is 0 Å². The van der Waals surface area contributed by atoms with Gasteiger partial charge in [-0.15, -0.1) is 0 Å². The van der Waals surface area contributed by atoms with E-state index in [4.69, 9.17) is 9.97 Å². The van der Waals surface area contributed by atoms with Gasteiger partial charge in [0, 0.05) is 10.8 Å². The molecule has 2 atom stereocenters. The molecule has 0 spiro atoms. The molecule has 0 bridgehead atoms. The van der Waals surface area contributed by atoms with E-state index in [0.717, 1.165) is 21.8 Å². The van der Waals surface area contributed by atoms with Crippen LogP contribution < -0.4 is 0 Å². The Morgan fingerprint density at radius 2 is 0.750 bits per heavy atom. The Kier molecular flexibility index (Phi) is 5.33. The van der Waals surface area contributed by atoms with Crippen molar-refractivity contribution in [1.82, 2.24) is 9.97 Å². The topological polar surface area (TPSA) is 66.2 Å². The number of aromatic nitrogens is 2. The second-order valence-corrected chi connectivity index (χ2v) is 8.93. The standard InChI is InChI=1S/C32H24N2O2/c35-31(25-13-3-1-4-14-25,29-21-19-23-11-7-9-17-27(23)33-29)32(36,26-15-5-2-6-16-26)30-22-20-24-12-8-10-18-28(24)34-30/h1-22,35-36H. The molecule has 2 unspecified atom stereocenters. The summed E-state index contributed by atoms with van der Waals surface area (Å²) < 4.78 is 0. The van der Waals surface area contributed by atoms with E-state index in [9.17, 15) is 10.2 Å². The van der Waals surface area contributed by atoms with Gasteiger partial charge in [0.05, 0.1) is 22.4 Å². The first-order valence-electron chi connectivity index (χ1n) is 11.9. The minimum atomic E-state index is -1.96. The van der Waals surface area contributed by atoms with Crippen LogP contribution in [0.1, 0.15) is 22.5 Å². The smallest absolute Gasteiger partial charge is 0.170 e. The van der Waals surface area contributed by atoms with Crippen LogP contribution in [0.4, 0.5) is 0 Å². The first-order valence-corrected chi connectivity index (χ1v) is 11.9. The number of rotatable bonds is 5. The second-order valence-electron chi connectivity index (χ2n) is 8.93. The Hall–Kier alpha value is -4.38. The number of para-hydroxylation sites is 2. The fourth-order valence-electron chi connectivity index (χ4n) is 4.98. The number of nitrogens with zero attached hydrogens (tertiary/aromatic N) is 2. The third-order valence-corrected chi connectivity index (χ3v) is 6.84. The summed E-state index contributed by atoms with van der Waals surface area (Å²) in [6.45, 7) is 0. The first-order chi connectivity index (χ1) is 17.6. The van der Waals surface area contributed by atoms with Crippen LogP contribution >= 0.6 is 0 Å².